The van der Waals surface area contributed by atoms with Gasteiger partial charge in [-0.05, 0) is 17.1 Å². The molecular weight excluding hydrogens is 272 g/mol. The average Bonchev–Trinajstić information content (AvgIpc) is 2.71. The molecule has 2 heterocycles. The highest BCUT2D eigenvalue weighted by molar-refractivity contribution is 7.11. The first-order valence-corrected chi connectivity index (χ1v) is 7.35. The highest BCUT2D eigenvalue weighted by Crippen LogP contribution is 2.39. The van der Waals surface area contributed by atoms with Crippen molar-refractivity contribution in [1.82, 2.24) is 9.69 Å². The molecule has 6 heteroatoms. The SMILES string of the molecule is Nc1nsc(N2CCNC(=O)CC2)c1-c1ccccc1. The summed E-state index contributed by atoms with van der Waals surface area (Å²) in [6.07, 6.45) is 0.506. The van der Waals surface area contributed by atoms with Gasteiger partial charge in [0.05, 0.1) is 5.56 Å². The second kappa shape index (κ2) is 5.50. The molecule has 1 saturated heterocycles. The second-order valence-electron chi connectivity index (χ2n) is 4.70. The fourth-order valence-electron chi connectivity index (χ4n) is 2.36. The summed E-state index contributed by atoms with van der Waals surface area (Å²) < 4.78 is 4.29. The number of carbonyl (C=O) groups is 1. The van der Waals surface area contributed by atoms with Crippen LogP contribution in [-0.4, -0.2) is 29.9 Å². The molecule has 20 heavy (non-hydrogen) atoms. The zero-order valence-corrected chi connectivity index (χ0v) is 11.8. The summed E-state index contributed by atoms with van der Waals surface area (Å²) in [4.78, 5) is 13.6. The highest BCUT2D eigenvalue weighted by Gasteiger charge is 2.21. The summed E-state index contributed by atoms with van der Waals surface area (Å²) >= 11 is 1.40. The smallest absolute Gasteiger partial charge is 0.221 e. The minimum absolute atomic E-state index is 0.103. The number of hydrogen-bond donors (Lipinski definition) is 2. The first-order chi connectivity index (χ1) is 9.75. The Morgan fingerprint density at radius 3 is 2.85 bits per heavy atom. The first-order valence-electron chi connectivity index (χ1n) is 6.58. The molecule has 1 aliphatic heterocycles. The summed E-state index contributed by atoms with van der Waals surface area (Å²) in [6, 6.07) is 10.0. The van der Waals surface area contributed by atoms with E-state index in [0.717, 1.165) is 22.7 Å². The maximum absolute atomic E-state index is 11.4. The number of hydrogen-bond acceptors (Lipinski definition) is 5. The van der Waals surface area contributed by atoms with Crippen LogP contribution in [0.15, 0.2) is 30.3 Å². The Kier molecular flexibility index (Phi) is 3.56. The van der Waals surface area contributed by atoms with Gasteiger partial charge >= 0.3 is 0 Å². The second-order valence-corrected chi connectivity index (χ2v) is 5.45. The Morgan fingerprint density at radius 2 is 2.05 bits per heavy atom. The molecule has 1 fully saturated rings. The van der Waals surface area contributed by atoms with E-state index in [9.17, 15) is 4.79 Å². The van der Waals surface area contributed by atoms with Gasteiger partial charge in [-0.1, -0.05) is 30.3 Å². The Hall–Kier alpha value is -2.08. The van der Waals surface area contributed by atoms with Gasteiger partial charge in [0.2, 0.25) is 5.91 Å². The van der Waals surface area contributed by atoms with Gasteiger partial charge < -0.3 is 16.0 Å². The molecule has 0 atom stereocenters. The molecule has 1 aliphatic rings. The Morgan fingerprint density at radius 1 is 1.25 bits per heavy atom. The molecular formula is C14H16N4OS. The third-order valence-electron chi connectivity index (χ3n) is 3.36. The molecule has 104 valence electrons. The first kappa shape index (κ1) is 12.9. The minimum Gasteiger partial charge on any atom is -0.382 e. The number of amides is 1. The normalized spacial score (nSPS) is 15.8. The Labute approximate surface area is 121 Å². The third kappa shape index (κ3) is 2.46. The molecule has 3 rings (SSSR count). The van der Waals surface area contributed by atoms with Gasteiger partial charge in [-0.3, -0.25) is 4.79 Å². The molecule has 0 unspecified atom stereocenters. The maximum atomic E-state index is 11.4. The number of carbonyl (C=O) groups excluding carboxylic acids is 1. The molecule has 1 aromatic heterocycles. The van der Waals surface area contributed by atoms with E-state index in [1.165, 1.54) is 11.5 Å². The molecule has 0 saturated carbocycles. The Bertz CT molecular complexity index is 611. The van der Waals surface area contributed by atoms with Crippen molar-refractivity contribution in [2.45, 2.75) is 6.42 Å². The largest absolute Gasteiger partial charge is 0.382 e. The van der Waals surface area contributed by atoms with Crippen molar-refractivity contribution in [3.63, 3.8) is 0 Å². The quantitative estimate of drug-likeness (QED) is 0.882. The maximum Gasteiger partial charge on any atom is 0.221 e. The van der Waals surface area contributed by atoms with E-state index in [4.69, 9.17) is 5.73 Å². The lowest BCUT2D eigenvalue weighted by atomic mass is 10.1. The number of nitrogens with two attached hydrogens (primary N) is 1. The standard InChI is InChI=1S/C14H16N4OS/c15-13-12(10-4-2-1-3-5-10)14(20-17-13)18-8-6-11(19)16-7-9-18/h1-5H,6-9H2,(H2,15,17)(H,16,19). The van der Waals surface area contributed by atoms with Gasteiger partial charge in [0, 0.05) is 26.1 Å². The third-order valence-corrected chi connectivity index (χ3v) is 4.29. The predicted molar refractivity (Wildman–Crippen MR) is 81.8 cm³/mol. The van der Waals surface area contributed by atoms with Crippen LogP contribution in [0.5, 0.6) is 0 Å². The van der Waals surface area contributed by atoms with E-state index >= 15 is 0 Å². The molecule has 2 aromatic rings. The van der Waals surface area contributed by atoms with Crippen molar-refractivity contribution in [2.24, 2.45) is 0 Å². The van der Waals surface area contributed by atoms with Gasteiger partial charge in [-0.25, -0.2) is 0 Å². The van der Waals surface area contributed by atoms with Crippen molar-refractivity contribution in [1.29, 1.82) is 0 Å². The van der Waals surface area contributed by atoms with Crippen LogP contribution in [0.4, 0.5) is 10.8 Å². The number of benzene rings is 1. The predicted octanol–water partition coefficient (Wildman–Crippen LogP) is 1.72. The molecule has 1 amide bonds. The van der Waals surface area contributed by atoms with E-state index in [1.807, 2.05) is 30.3 Å². The van der Waals surface area contributed by atoms with Gasteiger partial charge in [-0.15, -0.1) is 0 Å². The van der Waals surface area contributed by atoms with Crippen molar-refractivity contribution < 1.29 is 4.79 Å². The molecule has 5 nitrogen and oxygen atoms in total. The van der Waals surface area contributed by atoms with Crippen molar-refractivity contribution in [3.05, 3.63) is 30.3 Å². The lowest BCUT2D eigenvalue weighted by Gasteiger charge is -2.21. The summed E-state index contributed by atoms with van der Waals surface area (Å²) in [7, 11) is 0. The van der Waals surface area contributed by atoms with E-state index < -0.39 is 0 Å². The van der Waals surface area contributed by atoms with Crippen LogP contribution >= 0.6 is 11.5 Å². The molecule has 0 spiro atoms. The number of nitrogen functional groups attached to an aromatic ring is 1. The summed E-state index contributed by atoms with van der Waals surface area (Å²) in [5, 5.41) is 3.93. The van der Waals surface area contributed by atoms with Crippen LogP contribution in [0.25, 0.3) is 11.1 Å². The van der Waals surface area contributed by atoms with Crippen LogP contribution < -0.4 is 16.0 Å². The minimum atomic E-state index is 0.103. The molecule has 3 N–H and O–H groups in total. The molecule has 0 aliphatic carbocycles. The summed E-state index contributed by atoms with van der Waals surface area (Å²) in [6.45, 7) is 2.14. The Balaban J connectivity index is 1.96. The van der Waals surface area contributed by atoms with Crippen LogP contribution in [-0.2, 0) is 4.79 Å². The van der Waals surface area contributed by atoms with Crippen molar-refractivity contribution in [3.8, 4) is 11.1 Å². The van der Waals surface area contributed by atoms with E-state index in [2.05, 4.69) is 14.6 Å². The molecule has 0 bridgehead atoms. The van der Waals surface area contributed by atoms with Gasteiger partial charge in [0.15, 0.2) is 0 Å². The van der Waals surface area contributed by atoms with E-state index in [1.54, 1.807) is 0 Å². The van der Waals surface area contributed by atoms with E-state index in [0.29, 0.717) is 25.3 Å². The van der Waals surface area contributed by atoms with Crippen LogP contribution in [0, 0.1) is 0 Å². The molecule has 0 radical (unpaired) electrons. The van der Waals surface area contributed by atoms with Gasteiger partial charge in [-0.2, -0.15) is 4.37 Å². The number of nitrogens with one attached hydrogen (secondary N) is 1. The molecule has 1 aromatic carbocycles. The lowest BCUT2D eigenvalue weighted by Crippen LogP contribution is -2.28. The fourth-order valence-corrected chi connectivity index (χ4v) is 3.24. The van der Waals surface area contributed by atoms with Crippen LogP contribution in [0.1, 0.15) is 6.42 Å². The lowest BCUT2D eigenvalue weighted by molar-refractivity contribution is -0.120. The summed E-state index contributed by atoms with van der Waals surface area (Å²) in [5.74, 6) is 0.658. The number of rotatable bonds is 2. The van der Waals surface area contributed by atoms with Crippen molar-refractivity contribution in [2.75, 3.05) is 30.3 Å². The number of anilines is 2. The van der Waals surface area contributed by atoms with E-state index in [-0.39, 0.29) is 5.91 Å². The van der Waals surface area contributed by atoms with Gasteiger partial charge in [0.1, 0.15) is 10.8 Å². The van der Waals surface area contributed by atoms with Crippen molar-refractivity contribution >= 4 is 28.3 Å². The zero-order valence-electron chi connectivity index (χ0n) is 11.0. The summed E-state index contributed by atoms with van der Waals surface area (Å²) in [5.41, 5.74) is 8.08. The fraction of sp³-hybridized carbons (Fsp3) is 0.286. The highest BCUT2D eigenvalue weighted by atomic mass is 32.1. The van der Waals surface area contributed by atoms with Crippen LogP contribution in [0.3, 0.4) is 0 Å². The monoisotopic (exact) mass is 288 g/mol. The number of aromatic nitrogens is 1. The zero-order chi connectivity index (χ0) is 13.9. The number of nitrogens with zero attached hydrogens (tertiary/aromatic N) is 2. The average molecular weight is 288 g/mol. The van der Waals surface area contributed by atoms with Crippen LogP contribution in [0.2, 0.25) is 0 Å². The topological polar surface area (TPSA) is 71.2 Å². The van der Waals surface area contributed by atoms with Gasteiger partial charge in [0.25, 0.3) is 0 Å².